The summed E-state index contributed by atoms with van der Waals surface area (Å²) in [6, 6.07) is 0.138. The van der Waals surface area contributed by atoms with Crippen LogP contribution in [0.15, 0.2) is 0 Å². The van der Waals surface area contributed by atoms with E-state index in [0.717, 1.165) is 12.8 Å². The first-order valence-electron chi connectivity index (χ1n) is 7.91. The first-order chi connectivity index (χ1) is 9.20. The number of β-amino-alcohol motifs (C(OH)–C–C–N with tert-alkyl or cyclic N) is 1. The summed E-state index contributed by atoms with van der Waals surface area (Å²) in [6.07, 6.45) is 8.33. The molecule has 0 amide bonds. The van der Waals surface area contributed by atoms with E-state index in [9.17, 15) is 15.3 Å². The summed E-state index contributed by atoms with van der Waals surface area (Å²) in [4.78, 5) is 0. The van der Waals surface area contributed by atoms with Crippen LogP contribution in [0.25, 0.3) is 0 Å². The summed E-state index contributed by atoms with van der Waals surface area (Å²) in [5.41, 5.74) is 0. The quantitative estimate of drug-likeness (QED) is 0.480. The molecule has 0 aromatic rings. The van der Waals surface area contributed by atoms with Gasteiger partial charge in [0.05, 0.1) is 12.2 Å². The highest BCUT2D eigenvalue weighted by Gasteiger charge is 2.36. The molecule has 0 unspecified atom stereocenters. The second-order valence-electron chi connectivity index (χ2n) is 5.83. The van der Waals surface area contributed by atoms with Gasteiger partial charge in [0, 0.05) is 25.1 Å². The average molecular weight is 273 g/mol. The third kappa shape index (κ3) is 5.78. The summed E-state index contributed by atoms with van der Waals surface area (Å²) in [6.45, 7) is 2.59. The van der Waals surface area contributed by atoms with Gasteiger partial charge in [-0.2, -0.15) is 0 Å². The van der Waals surface area contributed by atoms with Crippen LogP contribution in [-0.4, -0.2) is 46.7 Å². The molecule has 1 aliphatic heterocycles. The van der Waals surface area contributed by atoms with Gasteiger partial charge in [-0.05, 0) is 6.42 Å². The minimum Gasteiger partial charge on any atom is -0.396 e. The summed E-state index contributed by atoms with van der Waals surface area (Å²) in [7, 11) is 0. The third-order valence-corrected chi connectivity index (χ3v) is 4.27. The lowest BCUT2D eigenvalue weighted by Gasteiger charge is -2.38. The molecule has 4 atom stereocenters. The summed E-state index contributed by atoms with van der Waals surface area (Å²) < 4.78 is 0. The lowest BCUT2D eigenvalue weighted by atomic mass is 9.84. The highest BCUT2D eigenvalue weighted by Crippen LogP contribution is 2.22. The van der Waals surface area contributed by atoms with Gasteiger partial charge in [0.2, 0.25) is 0 Å². The van der Waals surface area contributed by atoms with E-state index in [1.54, 1.807) is 0 Å². The maximum Gasteiger partial charge on any atom is 0.0927 e. The topological polar surface area (TPSA) is 72.7 Å². The first kappa shape index (κ1) is 16.9. The summed E-state index contributed by atoms with van der Waals surface area (Å²) in [5, 5.41) is 32.0. The van der Waals surface area contributed by atoms with Crippen LogP contribution in [0.2, 0.25) is 0 Å². The van der Waals surface area contributed by atoms with Crippen molar-refractivity contribution >= 4 is 0 Å². The predicted molar refractivity (Wildman–Crippen MR) is 77.0 cm³/mol. The van der Waals surface area contributed by atoms with Crippen LogP contribution in [0, 0.1) is 5.92 Å². The maximum atomic E-state index is 9.86. The molecule has 114 valence electrons. The van der Waals surface area contributed by atoms with E-state index in [1.807, 2.05) is 0 Å². The lowest BCUT2D eigenvalue weighted by Crippen LogP contribution is -2.57. The van der Waals surface area contributed by atoms with Crippen molar-refractivity contribution in [3.05, 3.63) is 0 Å². The van der Waals surface area contributed by atoms with Crippen LogP contribution in [0.1, 0.15) is 58.3 Å². The second kappa shape index (κ2) is 9.70. The molecular formula is C15H31NO3. The minimum absolute atomic E-state index is 0.0631. The van der Waals surface area contributed by atoms with Gasteiger partial charge in [0.25, 0.3) is 0 Å². The largest absolute Gasteiger partial charge is 0.396 e. The Labute approximate surface area is 117 Å². The molecule has 0 spiro atoms. The highest BCUT2D eigenvalue weighted by atomic mass is 16.3. The van der Waals surface area contributed by atoms with Crippen LogP contribution in [0.5, 0.6) is 0 Å². The Morgan fingerprint density at radius 1 is 1.00 bits per heavy atom. The van der Waals surface area contributed by atoms with E-state index in [-0.39, 0.29) is 18.6 Å². The number of hydrogen-bond acceptors (Lipinski definition) is 4. The Morgan fingerprint density at radius 2 is 1.63 bits per heavy atom. The van der Waals surface area contributed by atoms with Crippen molar-refractivity contribution in [2.24, 2.45) is 5.92 Å². The Hall–Kier alpha value is -0.160. The highest BCUT2D eigenvalue weighted by molar-refractivity contribution is 4.91. The average Bonchev–Trinajstić information content (AvgIpc) is 2.42. The summed E-state index contributed by atoms with van der Waals surface area (Å²) >= 11 is 0. The van der Waals surface area contributed by atoms with Crippen molar-refractivity contribution in [2.75, 3.05) is 13.2 Å². The van der Waals surface area contributed by atoms with Gasteiger partial charge in [0.15, 0.2) is 0 Å². The fourth-order valence-electron chi connectivity index (χ4n) is 2.94. The molecule has 0 aromatic carbocycles. The van der Waals surface area contributed by atoms with E-state index < -0.39 is 12.2 Å². The molecule has 19 heavy (non-hydrogen) atoms. The van der Waals surface area contributed by atoms with E-state index in [0.29, 0.717) is 6.54 Å². The third-order valence-electron chi connectivity index (χ3n) is 4.27. The monoisotopic (exact) mass is 273 g/mol. The molecule has 0 bridgehead atoms. The second-order valence-corrected chi connectivity index (χ2v) is 5.83. The number of rotatable bonds is 9. The van der Waals surface area contributed by atoms with Crippen molar-refractivity contribution in [3.8, 4) is 0 Å². The first-order valence-corrected chi connectivity index (χ1v) is 7.91. The standard InChI is InChI=1S/C15H31NO3/c1-2-3-4-5-6-7-8-9-13-12(11-17)15(19)14(18)10-16-13/h12-19H,2-11H2,1H3/t12-,13+,14+,15-/m0/s1. The smallest absolute Gasteiger partial charge is 0.0927 e. The van der Waals surface area contributed by atoms with Crippen LogP contribution in [0.3, 0.4) is 0 Å². The van der Waals surface area contributed by atoms with Crippen molar-refractivity contribution in [1.82, 2.24) is 5.32 Å². The molecule has 4 heteroatoms. The van der Waals surface area contributed by atoms with Crippen LogP contribution >= 0.6 is 0 Å². The SMILES string of the molecule is CCCCCCCCC[C@H]1NC[C@@H](O)[C@@H](O)[C@H]1CO. The van der Waals surface area contributed by atoms with Crippen LogP contribution < -0.4 is 5.32 Å². The van der Waals surface area contributed by atoms with E-state index >= 15 is 0 Å². The van der Waals surface area contributed by atoms with Gasteiger partial charge < -0.3 is 20.6 Å². The van der Waals surface area contributed by atoms with Crippen molar-refractivity contribution in [1.29, 1.82) is 0 Å². The predicted octanol–water partition coefficient (Wildman–Crippen LogP) is 1.43. The van der Waals surface area contributed by atoms with Crippen molar-refractivity contribution in [2.45, 2.75) is 76.5 Å². The molecule has 1 saturated heterocycles. The van der Waals surface area contributed by atoms with Crippen molar-refractivity contribution < 1.29 is 15.3 Å². The molecule has 4 N–H and O–H groups in total. The van der Waals surface area contributed by atoms with Gasteiger partial charge in [0.1, 0.15) is 0 Å². The molecule has 0 radical (unpaired) electrons. The number of unbranched alkanes of at least 4 members (excludes halogenated alkanes) is 6. The zero-order valence-electron chi connectivity index (χ0n) is 12.2. The van der Waals surface area contributed by atoms with Crippen molar-refractivity contribution in [3.63, 3.8) is 0 Å². The number of aliphatic hydroxyl groups is 3. The maximum absolute atomic E-state index is 9.86. The fourth-order valence-corrected chi connectivity index (χ4v) is 2.94. The molecule has 0 aromatic heterocycles. The van der Waals surface area contributed by atoms with Gasteiger partial charge in [-0.15, -0.1) is 0 Å². The minimum atomic E-state index is -0.791. The molecular weight excluding hydrogens is 242 g/mol. The fraction of sp³-hybridized carbons (Fsp3) is 1.00. The molecule has 1 rings (SSSR count). The zero-order valence-corrected chi connectivity index (χ0v) is 12.2. The van der Waals surface area contributed by atoms with Gasteiger partial charge >= 0.3 is 0 Å². The molecule has 1 fully saturated rings. The number of hydrogen-bond donors (Lipinski definition) is 4. The number of aliphatic hydroxyl groups excluding tert-OH is 3. The molecule has 0 saturated carbocycles. The molecule has 4 nitrogen and oxygen atoms in total. The van der Waals surface area contributed by atoms with Gasteiger partial charge in [-0.1, -0.05) is 51.9 Å². The van der Waals surface area contributed by atoms with Gasteiger partial charge in [-0.3, -0.25) is 0 Å². The van der Waals surface area contributed by atoms with Gasteiger partial charge in [-0.25, -0.2) is 0 Å². The normalized spacial score (nSPS) is 31.6. The Balaban J connectivity index is 2.14. The number of nitrogens with one attached hydrogen (secondary N) is 1. The Kier molecular flexibility index (Phi) is 8.62. The Bertz CT molecular complexity index is 225. The van der Waals surface area contributed by atoms with E-state index in [1.165, 1.54) is 38.5 Å². The Morgan fingerprint density at radius 3 is 2.26 bits per heavy atom. The van der Waals surface area contributed by atoms with E-state index in [4.69, 9.17) is 0 Å². The van der Waals surface area contributed by atoms with E-state index in [2.05, 4.69) is 12.2 Å². The number of piperidine rings is 1. The molecule has 0 aliphatic carbocycles. The molecule has 1 heterocycles. The lowest BCUT2D eigenvalue weighted by molar-refractivity contribution is -0.0679. The van der Waals surface area contributed by atoms with Crippen LogP contribution in [-0.2, 0) is 0 Å². The summed E-state index contributed by atoms with van der Waals surface area (Å²) in [5.74, 6) is -0.233. The molecule has 1 aliphatic rings. The zero-order chi connectivity index (χ0) is 14.1. The van der Waals surface area contributed by atoms with Crippen LogP contribution in [0.4, 0.5) is 0 Å².